The van der Waals surface area contributed by atoms with Crippen LogP contribution in [0.15, 0.2) is 48.5 Å². The minimum atomic E-state index is -5.93. The van der Waals surface area contributed by atoms with Gasteiger partial charge in [0, 0.05) is 11.6 Å². The standard InChI is InChI=1S/C15H9F5N2O4.Na.H/c16-14(17,18)15(19,20)26-10-5-3-4-9(8-10)13(23)21-11-6-1-2-7-12(11)22(24)25;;/h1-8H,(H,21,23);;/q;+1;-1. The number of rotatable bonds is 5. The minimum Gasteiger partial charge on any atom is -1.00 e. The Kier molecular flexibility index (Phi) is 7.29. The molecule has 1 amide bonds. The van der Waals surface area contributed by atoms with E-state index in [1.807, 2.05) is 0 Å². The first kappa shape index (κ1) is 22.8. The van der Waals surface area contributed by atoms with Crippen molar-refractivity contribution >= 4 is 17.3 Å². The first-order chi connectivity index (χ1) is 12.0. The van der Waals surface area contributed by atoms with Crippen LogP contribution < -0.4 is 39.6 Å². The van der Waals surface area contributed by atoms with Gasteiger partial charge in [0.1, 0.15) is 11.4 Å². The average Bonchev–Trinajstić information content (AvgIpc) is 2.54. The van der Waals surface area contributed by atoms with Crippen molar-refractivity contribution in [2.24, 2.45) is 0 Å². The van der Waals surface area contributed by atoms with Crippen LogP contribution in [0.25, 0.3) is 0 Å². The number of nitrogens with one attached hydrogen (secondary N) is 1. The zero-order chi connectivity index (χ0) is 19.5. The van der Waals surface area contributed by atoms with E-state index in [9.17, 15) is 36.9 Å². The largest absolute Gasteiger partial charge is 1.00 e. The number of ether oxygens (including phenoxy) is 1. The molecule has 12 heteroatoms. The SMILES string of the molecule is O=C(Nc1ccccc1[N+](=O)[O-])c1cccc(OC(F)(F)C(F)(F)F)c1.[H-].[Na+]. The van der Waals surface area contributed by atoms with Crippen molar-refractivity contribution in [1.82, 2.24) is 0 Å². The molecule has 0 aliphatic rings. The molecule has 2 aromatic carbocycles. The maximum atomic E-state index is 12.9. The van der Waals surface area contributed by atoms with E-state index in [-0.39, 0.29) is 42.2 Å². The van der Waals surface area contributed by atoms with Crippen molar-refractivity contribution in [2.45, 2.75) is 12.3 Å². The summed E-state index contributed by atoms with van der Waals surface area (Å²) in [6.07, 6.45) is -11.4. The minimum absolute atomic E-state index is 0. The summed E-state index contributed by atoms with van der Waals surface area (Å²) in [5.41, 5.74) is -0.926. The number of hydrogen-bond acceptors (Lipinski definition) is 4. The molecule has 0 spiro atoms. The zero-order valence-electron chi connectivity index (χ0n) is 14.6. The Morgan fingerprint density at radius 3 is 2.30 bits per heavy atom. The number of nitro benzene ring substituents is 1. The molecule has 0 saturated heterocycles. The van der Waals surface area contributed by atoms with Gasteiger partial charge in [0.25, 0.3) is 11.6 Å². The predicted molar refractivity (Wildman–Crippen MR) is 80.2 cm³/mol. The second-order valence-corrected chi connectivity index (χ2v) is 4.87. The first-order valence-corrected chi connectivity index (χ1v) is 6.79. The molecule has 2 aromatic rings. The van der Waals surface area contributed by atoms with Crippen LogP contribution in [-0.2, 0) is 0 Å². The number of anilines is 1. The molecule has 2 rings (SSSR count). The fourth-order valence-corrected chi connectivity index (χ4v) is 1.84. The van der Waals surface area contributed by atoms with Gasteiger partial charge in [-0.25, -0.2) is 0 Å². The number of nitrogens with zero attached hydrogens (tertiary/aromatic N) is 1. The molecule has 0 aromatic heterocycles. The summed E-state index contributed by atoms with van der Waals surface area (Å²) >= 11 is 0. The number of nitro groups is 1. The second-order valence-electron chi connectivity index (χ2n) is 4.87. The Morgan fingerprint density at radius 2 is 1.70 bits per heavy atom. The van der Waals surface area contributed by atoms with Gasteiger partial charge < -0.3 is 11.5 Å². The van der Waals surface area contributed by atoms with Gasteiger partial charge in [0.2, 0.25) is 0 Å². The number of carbonyl (C=O) groups is 1. The summed E-state index contributed by atoms with van der Waals surface area (Å²) in [7, 11) is 0. The van der Waals surface area contributed by atoms with Crippen molar-refractivity contribution in [3.8, 4) is 5.75 Å². The van der Waals surface area contributed by atoms with E-state index in [4.69, 9.17) is 0 Å². The number of para-hydroxylation sites is 2. The Bertz CT molecular complexity index is 851. The van der Waals surface area contributed by atoms with Gasteiger partial charge in [-0.1, -0.05) is 18.2 Å². The van der Waals surface area contributed by atoms with Gasteiger partial charge >= 0.3 is 41.8 Å². The topological polar surface area (TPSA) is 81.5 Å². The fraction of sp³-hybridized carbons (Fsp3) is 0.133. The summed E-state index contributed by atoms with van der Waals surface area (Å²) in [6, 6.07) is 8.73. The molecule has 0 heterocycles. The van der Waals surface area contributed by atoms with Gasteiger partial charge in [0.15, 0.2) is 0 Å². The smallest absolute Gasteiger partial charge is 1.00 e. The third-order valence-corrected chi connectivity index (χ3v) is 3.02. The van der Waals surface area contributed by atoms with Crippen LogP contribution in [0, 0.1) is 10.1 Å². The van der Waals surface area contributed by atoms with Crippen LogP contribution in [0.2, 0.25) is 0 Å². The number of benzene rings is 2. The fourth-order valence-electron chi connectivity index (χ4n) is 1.84. The van der Waals surface area contributed by atoms with Crippen molar-refractivity contribution in [2.75, 3.05) is 5.32 Å². The van der Waals surface area contributed by atoms with E-state index in [2.05, 4.69) is 10.1 Å². The monoisotopic (exact) mass is 400 g/mol. The first-order valence-electron chi connectivity index (χ1n) is 6.79. The molecule has 0 unspecified atom stereocenters. The van der Waals surface area contributed by atoms with Gasteiger partial charge in [-0.2, -0.15) is 22.0 Å². The van der Waals surface area contributed by atoms with Gasteiger partial charge in [-0.15, -0.1) is 0 Å². The van der Waals surface area contributed by atoms with Gasteiger partial charge in [-0.3, -0.25) is 14.9 Å². The van der Waals surface area contributed by atoms with E-state index in [1.165, 1.54) is 18.2 Å². The Labute approximate surface area is 172 Å². The van der Waals surface area contributed by atoms with Gasteiger partial charge in [-0.05, 0) is 24.3 Å². The second kappa shape index (κ2) is 8.63. The molecule has 0 bridgehead atoms. The molecule has 0 aliphatic heterocycles. The molecule has 27 heavy (non-hydrogen) atoms. The van der Waals surface area contributed by atoms with Crippen LogP contribution in [-0.4, -0.2) is 23.1 Å². The molecule has 0 aliphatic carbocycles. The van der Waals surface area contributed by atoms with Crippen LogP contribution in [0.3, 0.4) is 0 Å². The molecular formula is C15H10F5N2NaO4. The average molecular weight is 400 g/mol. The van der Waals surface area contributed by atoms with Crippen molar-refractivity contribution in [3.05, 3.63) is 64.2 Å². The van der Waals surface area contributed by atoms with E-state index in [1.54, 1.807) is 0 Å². The summed E-state index contributed by atoms with van der Waals surface area (Å²) in [5.74, 6) is -1.86. The summed E-state index contributed by atoms with van der Waals surface area (Å²) in [4.78, 5) is 22.2. The summed E-state index contributed by atoms with van der Waals surface area (Å²) in [6.45, 7) is 0. The molecule has 0 saturated carbocycles. The predicted octanol–water partition coefficient (Wildman–Crippen LogP) is 1.50. The number of hydrogen-bond donors (Lipinski definition) is 1. The van der Waals surface area contributed by atoms with Crippen molar-refractivity contribution in [3.63, 3.8) is 0 Å². The Balaban J connectivity index is 0.00000364. The Morgan fingerprint density at radius 1 is 1.07 bits per heavy atom. The Hall–Kier alpha value is -2.24. The number of alkyl halides is 5. The zero-order valence-corrected chi connectivity index (χ0v) is 15.6. The van der Waals surface area contributed by atoms with E-state index >= 15 is 0 Å². The van der Waals surface area contributed by atoms with Crippen LogP contribution in [0.5, 0.6) is 5.75 Å². The molecule has 0 fully saturated rings. The quantitative estimate of drug-likeness (QED) is 0.357. The van der Waals surface area contributed by atoms with Crippen molar-refractivity contribution in [1.29, 1.82) is 0 Å². The summed E-state index contributed by atoms with van der Waals surface area (Å²) < 4.78 is 66.0. The normalized spacial score (nSPS) is 11.3. The molecule has 0 radical (unpaired) electrons. The van der Waals surface area contributed by atoms with E-state index < -0.39 is 34.6 Å². The van der Waals surface area contributed by atoms with Crippen LogP contribution >= 0.6 is 0 Å². The number of amides is 1. The molecule has 0 atom stereocenters. The van der Waals surface area contributed by atoms with Crippen molar-refractivity contribution < 1.29 is 67.4 Å². The number of carbonyl (C=O) groups excluding carboxylic acids is 1. The van der Waals surface area contributed by atoms with E-state index in [0.717, 1.165) is 24.3 Å². The van der Waals surface area contributed by atoms with Gasteiger partial charge in [0.05, 0.1) is 4.92 Å². The third kappa shape index (κ3) is 5.62. The van der Waals surface area contributed by atoms with Crippen LogP contribution in [0.1, 0.15) is 11.8 Å². The third-order valence-electron chi connectivity index (χ3n) is 3.02. The molecule has 6 nitrogen and oxygen atoms in total. The molecule has 140 valence electrons. The molecular weight excluding hydrogens is 390 g/mol. The van der Waals surface area contributed by atoms with Crippen LogP contribution in [0.4, 0.5) is 33.3 Å². The number of halogens is 5. The molecule has 1 N–H and O–H groups in total. The maximum absolute atomic E-state index is 12.9. The summed E-state index contributed by atoms with van der Waals surface area (Å²) in [5, 5.41) is 13.1. The maximum Gasteiger partial charge on any atom is 1.00 e. The van der Waals surface area contributed by atoms with E-state index in [0.29, 0.717) is 6.07 Å².